The van der Waals surface area contributed by atoms with E-state index >= 15 is 0 Å². The second-order valence-electron chi connectivity index (χ2n) is 6.70. The maximum Gasteiger partial charge on any atom is 0.229 e. The van der Waals surface area contributed by atoms with Crippen molar-refractivity contribution in [1.82, 2.24) is 19.6 Å². The number of ether oxygens (including phenoxy) is 1. The van der Waals surface area contributed by atoms with E-state index in [1.54, 1.807) is 24.2 Å². The molecule has 0 aliphatic heterocycles. The van der Waals surface area contributed by atoms with Crippen LogP contribution in [-0.4, -0.2) is 39.2 Å². The van der Waals surface area contributed by atoms with E-state index in [0.29, 0.717) is 23.9 Å². The summed E-state index contributed by atoms with van der Waals surface area (Å²) in [5.41, 5.74) is 5.19. The Bertz CT molecular complexity index is 993. The number of nitrogens with one attached hydrogen (secondary N) is 1. The number of carbonyl (C=O) groups is 1. The van der Waals surface area contributed by atoms with Gasteiger partial charge in [-0.15, -0.1) is 0 Å². The smallest absolute Gasteiger partial charge is 0.229 e. The SMILES string of the molecule is COCCn1cc(NC(=O)Cc2c(C)nn(-c3ccc(C)c(Cl)c3)c2C)cn1. The second-order valence-corrected chi connectivity index (χ2v) is 7.11. The van der Waals surface area contributed by atoms with Crippen molar-refractivity contribution in [3.63, 3.8) is 0 Å². The number of amides is 1. The fourth-order valence-corrected chi connectivity index (χ4v) is 3.17. The summed E-state index contributed by atoms with van der Waals surface area (Å²) in [5.74, 6) is -0.112. The maximum absolute atomic E-state index is 12.5. The summed E-state index contributed by atoms with van der Waals surface area (Å²) < 4.78 is 8.58. The number of methoxy groups -OCH3 is 1. The van der Waals surface area contributed by atoms with Crippen molar-refractivity contribution in [2.45, 2.75) is 33.7 Å². The maximum atomic E-state index is 12.5. The molecule has 0 atom stereocenters. The fraction of sp³-hybridized carbons (Fsp3) is 0.350. The van der Waals surface area contributed by atoms with Crippen molar-refractivity contribution in [1.29, 1.82) is 0 Å². The zero-order chi connectivity index (χ0) is 20.3. The van der Waals surface area contributed by atoms with Crippen LogP contribution in [0.25, 0.3) is 5.69 Å². The van der Waals surface area contributed by atoms with Gasteiger partial charge < -0.3 is 10.1 Å². The highest BCUT2D eigenvalue weighted by atomic mass is 35.5. The molecule has 0 spiro atoms. The fourth-order valence-electron chi connectivity index (χ4n) is 3.00. The molecule has 0 fully saturated rings. The lowest BCUT2D eigenvalue weighted by atomic mass is 10.1. The predicted molar refractivity (Wildman–Crippen MR) is 109 cm³/mol. The molecule has 3 aromatic rings. The van der Waals surface area contributed by atoms with Crippen LogP contribution in [0.3, 0.4) is 0 Å². The van der Waals surface area contributed by atoms with Gasteiger partial charge in [-0.2, -0.15) is 10.2 Å². The minimum Gasteiger partial charge on any atom is -0.383 e. The quantitative estimate of drug-likeness (QED) is 0.657. The molecule has 2 heterocycles. The van der Waals surface area contributed by atoms with Crippen molar-refractivity contribution in [3.8, 4) is 5.69 Å². The van der Waals surface area contributed by atoms with Crippen molar-refractivity contribution >= 4 is 23.2 Å². The molecule has 1 amide bonds. The number of benzene rings is 1. The van der Waals surface area contributed by atoms with Crippen LogP contribution in [0.4, 0.5) is 5.69 Å². The Morgan fingerprint density at radius 3 is 2.79 bits per heavy atom. The number of rotatable bonds is 7. The standard InChI is InChI=1S/C20H24ClN5O2/c1-13-5-6-17(9-19(13)21)26-15(3)18(14(2)24-26)10-20(27)23-16-11-22-25(12-16)7-8-28-4/h5-6,9,11-12H,7-8,10H2,1-4H3,(H,23,27). The Kier molecular flexibility index (Phi) is 6.16. The van der Waals surface area contributed by atoms with Gasteiger partial charge in [0.1, 0.15) is 0 Å². The molecule has 0 unspecified atom stereocenters. The van der Waals surface area contributed by atoms with Gasteiger partial charge in [-0.25, -0.2) is 4.68 Å². The summed E-state index contributed by atoms with van der Waals surface area (Å²) in [6, 6.07) is 5.81. The van der Waals surface area contributed by atoms with Crippen LogP contribution in [0.5, 0.6) is 0 Å². The number of halogens is 1. The molecule has 0 bridgehead atoms. The van der Waals surface area contributed by atoms with Gasteiger partial charge >= 0.3 is 0 Å². The van der Waals surface area contributed by atoms with Crippen molar-refractivity contribution in [3.05, 3.63) is 58.1 Å². The topological polar surface area (TPSA) is 74.0 Å². The van der Waals surface area contributed by atoms with E-state index in [1.165, 1.54) is 0 Å². The number of aromatic nitrogens is 4. The highest BCUT2D eigenvalue weighted by Gasteiger charge is 2.17. The van der Waals surface area contributed by atoms with Gasteiger partial charge in [-0.05, 0) is 38.5 Å². The monoisotopic (exact) mass is 401 g/mol. The third-order valence-corrected chi connectivity index (χ3v) is 5.03. The van der Waals surface area contributed by atoms with E-state index in [4.69, 9.17) is 16.3 Å². The molecule has 0 radical (unpaired) electrons. The summed E-state index contributed by atoms with van der Waals surface area (Å²) in [4.78, 5) is 12.5. The van der Waals surface area contributed by atoms with Gasteiger partial charge in [0.25, 0.3) is 0 Å². The van der Waals surface area contributed by atoms with Crippen LogP contribution in [0, 0.1) is 20.8 Å². The highest BCUT2D eigenvalue weighted by molar-refractivity contribution is 6.31. The molecule has 0 saturated carbocycles. The summed E-state index contributed by atoms with van der Waals surface area (Å²) in [7, 11) is 1.64. The minimum atomic E-state index is -0.112. The molecule has 28 heavy (non-hydrogen) atoms. The molecule has 3 rings (SSSR count). The van der Waals surface area contributed by atoms with E-state index in [2.05, 4.69) is 15.5 Å². The lowest BCUT2D eigenvalue weighted by Gasteiger charge is -2.07. The first-order chi connectivity index (χ1) is 13.4. The Morgan fingerprint density at radius 1 is 1.29 bits per heavy atom. The first-order valence-electron chi connectivity index (χ1n) is 9.02. The van der Waals surface area contributed by atoms with Crippen molar-refractivity contribution in [2.75, 3.05) is 19.0 Å². The molecule has 7 nitrogen and oxygen atoms in total. The normalized spacial score (nSPS) is 11.0. The van der Waals surface area contributed by atoms with E-state index in [0.717, 1.165) is 28.2 Å². The van der Waals surface area contributed by atoms with E-state index in [9.17, 15) is 4.79 Å². The van der Waals surface area contributed by atoms with Crippen molar-refractivity contribution in [2.24, 2.45) is 0 Å². The summed E-state index contributed by atoms with van der Waals surface area (Å²) in [5, 5.41) is 12.4. The van der Waals surface area contributed by atoms with Crippen LogP contribution in [0.1, 0.15) is 22.5 Å². The molecule has 0 saturated heterocycles. The van der Waals surface area contributed by atoms with Crippen molar-refractivity contribution < 1.29 is 9.53 Å². The Balaban J connectivity index is 1.73. The molecule has 1 N–H and O–H groups in total. The predicted octanol–water partition coefficient (Wildman–Crippen LogP) is 3.48. The van der Waals surface area contributed by atoms with Crippen LogP contribution >= 0.6 is 11.6 Å². The average Bonchev–Trinajstić information content (AvgIpc) is 3.21. The zero-order valence-electron chi connectivity index (χ0n) is 16.5. The van der Waals surface area contributed by atoms with Gasteiger partial charge in [-0.3, -0.25) is 9.48 Å². The van der Waals surface area contributed by atoms with Crippen LogP contribution < -0.4 is 5.32 Å². The number of hydrogen-bond donors (Lipinski definition) is 1. The lowest BCUT2D eigenvalue weighted by Crippen LogP contribution is -2.15. The van der Waals surface area contributed by atoms with Crippen LogP contribution in [0.2, 0.25) is 5.02 Å². The van der Waals surface area contributed by atoms with E-state index < -0.39 is 0 Å². The van der Waals surface area contributed by atoms with Gasteiger partial charge in [0.2, 0.25) is 5.91 Å². The summed E-state index contributed by atoms with van der Waals surface area (Å²) in [6.45, 7) is 7.02. The highest BCUT2D eigenvalue weighted by Crippen LogP contribution is 2.23. The van der Waals surface area contributed by atoms with Crippen LogP contribution in [-0.2, 0) is 22.5 Å². The van der Waals surface area contributed by atoms with Gasteiger partial charge in [0.05, 0.1) is 42.8 Å². The molecular weight excluding hydrogens is 378 g/mol. The average molecular weight is 402 g/mol. The largest absolute Gasteiger partial charge is 0.383 e. The minimum absolute atomic E-state index is 0.112. The molecule has 8 heteroatoms. The zero-order valence-corrected chi connectivity index (χ0v) is 17.2. The van der Waals surface area contributed by atoms with Gasteiger partial charge in [0, 0.05) is 29.6 Å². The number of nitrogens with zero attached hydrogens (tertiary/aromatic N) is 4. The number of carbonyl (C=O) groups excluding carboxylic acids is 1. The molecule has 148 valence electrons. The third kappa shape index (κ3) is 4.43. The van der Waals surface area contributed by atoms with Gasteiger partial charge in [0.15, 0.2) is 0 Å². The molecule has 1 aromatic carbocycles. The number of aryl methyl sites for hydroxylation is 2. The first-order valence-corrected chi connectivity index (χ1v) is 9.39. The van der Waals surface area contributed by atoms with Gasteiger partial charge in [-0.1, -0.05) is 17.7 Å². The lowest BCUT2D eigenvalue weighted by molar-refractivity contribution is -0.115. The Morgan fingerprint density at radius 2 is 2.07 bits per heavy atom. The molecule has 2 aromatic heterocycles. The number of anilines is 1. The number of hydrogen-bond acceptors (Lipinski definition) is 4. The summed E-state index contributed by atoms with van der Waals surface area (Å²) >= 11 is 6.25. The van der Waals surface area contributed by atoms with E-state index in [1.807, 2.05) is 43.7 Å². The second kappa shape index (κ2) is 8.58. The molecular formula is C20H24ClN5O2. The molecule has 0 aliphatic rings. The molecule has 0 aliphatic carbocycles. The van der Waals surface area contributed by atoms with E-state index in [-0.39, 0.29) is 12.3 Å². The Hall–Kier alpha value is -2.64. The first kappa shape index (κ1) is 20.1. The van der Waals surface area contributed by atoms with Crippen LogP contribution in [0.15, 0.2) is 30.6 Å². The Labute approximate surface area is 169 Å². The summed E-state index contributed by atoms with van der Waals surface area (Å²) in [6.07, 6.45) is 3.65. The third-order valence-electron chi connectivity index (χ3n) is 4.62.